The van der Waals surface area contributed by atoms with Gasteiger partial charge >= 0.3 is 5.97 Å². The molecule has 3 heteroatoms. The van der Waals surface area contributed by atoms with Gasteiger partial charge in [-0.1, -0.05) is 24.3 Å². The molecule has 0 saturated heterocycles. The molecule has 4 aliphatic rings. The number of carboxylic acid groups (broad SMARTS) is 1. The molecule has 0 unspecified atom stereocenters. The van der Waals surface area contributed by atoms with E-state index in [1.165, 1.54) is 38.5 Å². The maximum atomic E-state index is 11.2. The molecule has 0 amide bonds. The van der Waals surface area contributed by atoms with Gasteiger partial charge in [0, 0.05) is 5.56 Å². The fourth-order valence-corrected chi connectivity index (χ4v) is 6.86. The van der Waals surface area contributed by atoms with Crippen molar-refractivity contribution in [2.75, 3.05) is 0 Å². The molecule has 2 aromatic carbocycles. The Morgan fingerprint density at radius 3 is 1.93 bits per heavy atom. The lowest BCUT2D eigenvalue weighted by molar-refractivity contribution is -0.00614. The average Bonchev–Trinajstić information content (AvgIpc) is 2.69. The normalized spacial score (nSPS) is 30.5. The van der Waals surface area contributed by atoms with Crippen molar-refractivity contribution in [3.8, 4) is 5.75 Å². The summed E-state index contributed by atoms with van der Waals surface area (Å²) >= 11 is 0. The predicted molar refractivity (Wildman–Crippen MR) is 114 cm³/mol. The molecule has 150 valence electrons. The van der Waals surface area contributed by atoms with E-state index in [0.29, 0.717) is 11.3 Å². The summed E-state index contributed by atoms with van der Waals surface area (Å²) in [5.41, 5.74) is 4.74. The maximum absolute atomic E-state index is 11.2. The number of hydrogen-bond acceptors (Lipinski definition) is 2. The van der Waals surface area contributed by atoms with Crippen molar-refractivity contribution < 1.29 is 15.0 Å². The Morgan fingerprint density at radius 1 is 0.897 bits per heavy atom. The Bertz CT molecular complexity index is 948. The fraction of sp³-hybridized carbons (Fsp3) is 0.423. The zero-order chi connectivity index (χ0) is 20.2. The third-order valence-electron chi connectivity index (χ3n) is 7.65. The Labute approximate surface area is 172 Å². The largest absolute Gasteiger partial charge is 0.508 e. The number of aromatic carboxylic acids is 1. The molecule has 0 aliphatic heterocycles. The molecular formula is C26H28O3. The van der Waals surface area contributed by atoms with Crippen LogP contribution in [0.4, 0.5) is 0 Å². The third-order valence-corrected chi connectivity index (χ3v) is 7.65. The molecule has 2 aromatic rings. The molecule has 2 N–H and O–H groups in total. The second kappa shape index (κ2) is 6.76. The second-order valence-electron chi connectivity index (χ2n) is 9.51. The van der Waals surface area contributed by atoms with E-state index in [4.69, 9.17) is 5.11 Å². The van der Waals surface area contributed by atoms with Crippen LogP contribution in [0, 0.1) is 17.8 Å². The SMILES string of the molecule is C/C=C(\c1ccc(C(=O)O)cc1)c1ccc(O)c(C23CC4CC(CC(C4)C2)C3)c1. The van der Waals surface area contributed by atoms with E-state index >= 15 is 0 Å². The van der Waals surface area contributed by atoms with Crippen LogP contribution in [-0.4, -0.2) is 16.2 Å². The predicted octanol–water partition coefficient (Wildman–Crippen LogP) is 6.01. The van der Waals surface area contributed by atoms with Gasteiger partial charge in [-0.2, -0.15) is 0 Å². The van der Waals surface area contributed by atoms with Crippen LogP contribution in [0.1, 0.15) is 72.5 Å². The van der Waals surface area contributed by atoms with Gasteiger partial charge in [0.1, 0.15) is 5.75 Å². The summed E-state index contributed by atoms with van der Waals surface area (Å²) in [7, 11) is 0. The zero-order valence-corrected chi connectivity index (χ0v) is 16.9. The van der Waals surface area contributed by atoms with Gasteiger partial charge in [0.25, 0.3) is 0 Å². The molecule has 6 rings (SSSR count). The van der Waals surface area contributed by atoms with Gasteiger partial charge in [-0.15, -0.1) is 0 Å². The first-order chi connectivity index (χ1) is 14.0. The van der Waals surface area contributed by atoms with Gasteiger partial charge in [0.05, 0.1) is 5.56 Å². The van der Waals surface area contributed by atoms with Crippen LogP contribution in [0.15, 0.2) is 48.5 Å². The minimum atomic E-state index is -0.910. The summed E-state index contributed by atoms with van der Waals surface area (Å²) < 4.78 is 0. The Kier molecular flexibility index (Phi) is 4.31. The van der Waals surface area contributed by atoms with Crippen molar-refractivity contribution in [1.82, 2.24) is 0 Å². The van der Waals surface area contributed by atoms with Crippen molar-refractivity contribution in [3.05, 3.63) is 70.8 Å². The highest BCUT2D eigenvalue weighted by Crippen LogP contribution is 2.62. The van der Waals surface area contributed by atoms with E-state index in [1.807, 2.05) is 31.2 Å². The van der Waals surface area contributed by atoms with Gasteiger partial charge in [-0.25, -0.2) is 4.79 Å². The van der Waals surface area contributed by atoms with E-state index in [2.05, 4.69) is 12.1 Å². The lowest BCUT2D eigenvalue weighted by Crippen LogP contribution is -2.48. The summed E-state index contributed by atoms with van der Waals surface area (Å²) in [5, 5.41) is 20.0. The van der Waals surface area contributed by atoms with E-state index in [-0.39, 0.29) is 5.41 Å². The monoisotopic (exact) mass is 388 g/mol. The molecule has 29 heavy (non-hydrogen) atoms. The van der Waals surface area contributed by atoms with Crippen LogP contribution in [-0.2, 0) is 5.41 Å². The molecule has 0 spiro atoms. The average molecular weight is 389 g/mol. The highest BCUT2D eigenvalue weighted by molar-refractivity contribution is 5.89. The van der Waals surface area contributed by atoms with Crippen LogP contribution >= 0.6 is 0 Å². The molecule has 0 radical (unpaired) electrons. The Morgan fingerprint density at radius 2 is 1.41 bits per heavy atom. The third kappa shape index (κ3) is 3.08. The van der Waals surface area contributed by atoms with Crippen molar-refractivity contribution in [3.63, 3.8) is 0 Å². The molecule has 3 nitrogen and oxygen atoms in total. The smallest absolute Gasteiger partial charge is 0.335 e. The highest BCUT2D eigenvalue weighted by Gasteiger charge is 2.52. The van der Waals surface area contributed by atoms with Gasteiger partial charge in [-0.05, 0) is 110 Å². The molecule has 4 aliphatic carbocycles. The van der Waals surface area contributed by atoms with Crippen molar-refractivity contribution in [2.45, 2.75) is 50.9 Å². The van der Waals surface area contributed by atoms with Crippen LogP contribution in [0.3, 0.4) is 0 Å². The number of hydrogen-bond donors (Lipinski definition) is 2. The first-order valence-corrected chi connectivity index (χ1v) is 10.8. The van der Waals surface area contributed by atoms with Crippen LogP contribution < -0.4 is 0 Å². The van der Waals surface area contributed by atoms with E-state index in [1.54, 1.807) is 12.1 Å². The lowest BCUT2D eigenvalue weighted by atomic mass is 9.48. The quantitative estimate of drug-likeness (QED) is 0.674. The molecule has 0 heterocycles. The van der Waals surface area contributed by atoms with Crippen molar-refractivity contribution in [1.29, 1.82) is 0 Å². The molecule has 0 atom stereocenters. The highest BCUT2D eigenvalue weighted by atomic mass is 16.4. The number of carbonyl (C=O) groups is 1. The minimum absolute atomic E-state index is 0.140. The van der Waals surface area contributed by atoms with Crippen LogP contribution in [0.25, 0.3) is 5.57 Å². The number of aromatic hydroxyl groups is 1. The standard InChI is InChI=1S/C26H28O3/c1-2-22(19-3-5-20(6-4-19)25(28)29)21-7-8-24(27)23(12-21)26-13-16-9-17(14-26)11-18(10-16)15-26/h2-8,12,16-18,27H,9-11,13-15H2,1H3,(H,28,29)/b22-2+. The first kappa shape index (κ1) is 18.5. The maximum Gasteiger partial charge on any atom is 0.335 e. The summed E-state index contributed by atoms with van der Waals surface area (Å²) in [5.74, 6) is 2.01. The van der Waals surface area contributed by atoms with Gasteiger partial charge < -0.3 is 10.2 Å². The number of phenols is 1. The Hall–Kier alpha value is -2.55. The number of phenolic OH excluding ortho intramolecular Hbond substituents is 1. The van der Waals surface area contributed by atoms with Crippen LogP contribution in [0.5, 0.6) is 5.75 Å². The van der Waals surface area contributed by atoms with E-state index < -0.39 is 5.97 Å². The van der Waals surface area contributed by atoms with Crippen LogP contribution in [0.2, 0.25) is 0 Å². The van der Waals surface area contributed by atoms with E-state index in [9.17, 15) is 9.90 Å². The summed E-state index contributed by atoms with van der Waals surface area (Å²) in [6, 6.07) is 13.1. The summed E-state index contributed by atoms with van der Waals surface area (Å²) in [6.45, 7) is 2.01. The molecule has 4 bridgehead atoms. The number of benzene rings is 2. The van der Waals surface area contributed by atoms with E-state index in [0.717, 1.165) is 40.0 Å². The minimum Gasteiger partial charge on any atom is -0.508 e. The fourth-order valence-electron chi connectivity index (χ4n) is 6.86. The lowest BCUT2D eigenvalue weighted by Gasteiger charge is -2.57. The van der Waals surface area contributed by atoms with Crippen molar-refractivity contribution >= 4 is 11.5 Å². The van der Waals surface area contributed by atoms with Gasteiger partial charge in [-0.3, -0.25) is 0 Å². The second-order valence-corrected chi connectivity index (χ2v) is 9.51. The number of carboxylic acids is 1. The van der Waals surface area contributed by atoms with Gasteiger partial charge in [0.15, 0.2) is 0 Å². The summed E-state index contributed by atoms with van der Waals surface area (Å²) in [6.07, 6.45) is 9.88. The molecule has 4 saturated carbocycles. The number of allylic oxidation sites excluding steroid dienone is 1. The topological polar surface area (TPSA) is 57.5 Å². The zero-order valence-electron chi connectivity index (χ0n) is 16.9. The first-order valence-electron chi connectivity index (χ1n) is 10.8. The Balaban J connectivity index is 1.53. The van der Waals surface area contributed by atoms with Crippen molar-refractivity contribution in [2.24, 2.45) is 17.8 Å². The molecular weight excluding hydrogens is 360 g/mol. The molecule has 0 aromatic heterocycles. The summed E-state index contributed by atoms with van der Waals surface area (Å²) in [4.78, 5) is 11.2. The molecule has 4 fully saturated rings. The van der Waals surface area contributed by atoms with Gasteiger partial charge in [0.2, 0.25) is 0 Å². The number of rotatable bonds is 4.